The van der Waals surface area contributed by atoms with E-state index in [1.807, 2.05) is 6.07 Å². The summed E-state index contributed by atoms with van der Waals surface area (Å²) >= 11 is 1.74. The summed E-state index contributed by atoms with van der Waals surface area (Å²) < 4.78 is 0. The van der Waals surface area contributed by atoms with Crippen molar-refractivity contribution in [3.63, 3.8) is 0 Å². The Hall–Kier alpha value is -1.93. The van der Waals surface area contributed by atoms with Crippen LogP contribution in [0.25, 0.3) is 21.5 Å². The smallest absolute Gasteiger partial charge is 0.0809 e. The summed E-state index contributed by atoms with van der Waals surface area (Å²) in [6.45, 7) is 17.4. The number of rotatable bonds is 0. The predicted molar refractivity (Wildman–Crippen MR) is 160 cm³/mol. The predicted octanol–water partition coefficient (Wildman–Crippen LogP) is 6.26. The van der Waals surface area contributed by atoms with E-state index in [9.17, 15) is 5.11 Å². The second-order valence-electron chi connectivity index (χ2n) is 11.5. The van der Waals surface area contributed by atoms with E-state index in [1.165, 1.54) is 27.1 Å². The minimum Gasteiger partial charge on any atom is -1.00 e. The Bertz CT molecular complexity index is 1270. The van der Waals surface area contributed by atoms with Crippen LogP contribution >= 0.6 is 0 Å². The Morgan fingerprint density at radius 3 is 1.45 bits per heavy atom. The number of fused-ring (bicyclic) bond motifs is 2. The molecule has 0 aliphatic carbocycles. The molecule has 5 aromatic rings. The van der Waals surface area contributed by atoms with Crippen molar-refractivity contribution in [2.24, 2.45) is 0 Å². The third kappa shape index (κ3) is 11.4. The average molecular weight is 620 g/mol. The first kappa shape index (κ1) is 34.1. The van der Waals surface area contributed by atoms with E-state index >= 15 is 0 Å². The molecule has 5 aromatic carbocycles. The minimum absolute atomic E-state index is 0. The van der Waals surface area contributed by atoms with Crippen molar-refractivity contribution in [3.05, 3.63) is 114 Å². The van der Waals surface area contributed by atoms with Crippen LogP contribution in [-0.2, 0) is 34.2 Å². The van der Waals surface area contributed by atoms with Gasteiger partial charge in [0.05, 0.1) is 0 Å². The van der Waals surface area contributed by atoms with Gasteiger partial charge in [-0.3, -0.25) is 0 Å². The van der Waals surface area contributed by atoms with Crippen LogP contribution in [0.5, 0.6) is 5.75 Å². The molecule has 0 atom stereocenters. The fraction of sp³-hybridized carbons (Fsp3) is 0.294. The van der Waals surface area contributed by atoms with Crippen molar-refractivity contribution in [2.45, 2.75) is 65.5 Å². The molecule has 0 radical (unpaired) electrons. The topological polar surface area (TPSA) is 23.1 Å². The number of hydrogen-bond acceptors (Lipinski definition) is 1. The van der Waals surface area contributed by atoms with Crippen LogP contribution in [0.4, 0.5) is 0 Å². The van der Waals surface area contributed by atoms with Crippen LogP contribution in [0.15, 0.2) is 103 Å². The third-order valence-electron chi connectivity index (χ3n) is 5.75. The van der Waals surface area contributed by atoms with Crippen LogP contribution in [-0.4, -0.2) is 5.43 Å². The van der Waals surface area contributed by atoms with Gasteiger partial charge in [-0.1, -0.05) is 77.4 Å². The van der Waals surface area contributed by atoms with Gasteiger partial charge < -0.3 is 17.5 Å². The zero-order valence-corrected chi connectivity index (χ0v) is 28.3. The van der Waals surface area contributed by atoms with Gasteiger partial charge in [0.15, 0.2) is 0 Å². The summed E-state index contributed by atoms with van der Waals surface area (Å²) in [6.07, 6.45) is 0. The standard InChI is InChI=1S/C14H22O.2C9H7.C2H6Si.ClH.Zr/c1-13(2,3)10-7-8-12(15)11(9-10)14(4,5)6;2*1-2-5-9-7-3-6-8(9)4-1;1-3-2;;/h7-9,15H,1-6H3;2*1-7H;1-2H3;1H;/q;2*-1;;;+2/p-2. The van der Waals surface area contributed by atoms with E-state index in [1.54, 1.807) is 29.4 Å². The van der Waals surface area contributed by atoms with Gasteiger partial charge in [-0.25, -0.2) is 0 Å². The van der Waals surface area contributed by atoms with E-state index in [2.05, 4.69) is 146 Å². The molecule has 0 unspecified atom stereocenters. The van der Waals surface area contributed by atoms with Gasteiger partial charge in [0, 0.05) is 0 Å². The zero-order valence-electron chi connectivity index (χ0n) is 24.1. The van der Waals surface area contributed by atoms with Crippen LogP contribution in [0.2, 0.25) is 13.1 Å². The number of halogens is 1. The maximum Gasteiger partial charge on any atom is -0.0809 e. The van der Waals surface area contributed by atoms with Crippen LogP contribution in [0.1, 0.15) is 52.7 Å². The molecule has 200 valence electrons. The Morgan fingerprint density at radius 2 is 1.08 bits per heavy atom. The summed E-state index contributed by atoms with van der Waals surface area (Å²) in [5, 5.41) is 17.1. The van der Waals surface area contributed by atoms with Gasteiger partial charge in [0.2, 0.25) is 0 Å². The Kier molecular flexibility index (Phi) is 14.0. The summed E-state index contributed by atoms with van der Waals surface area (Å²) in [5.41, 5.74) is 2.38. The number of benzene rings is 3. The van der Waals surface area contributed by atoms with Gasteiger partial charge in [0.25, 0.3) is 0 Å². The molecule has 5 rings (SSSR count). The first-order valence-corrected chi connectivity index (χ1v) is 19.0. The van der Waals surface area contributed by atoms with Gasteiger partial charge in [-0.2, -0.15) is 35.0 Å². The van der Waals surface area contributed by atoms with Gasteiger partial charge >= 0.3 is 41.9 Å². The minimum atomic E-state index is -0.0711. The maximum absolute atomic E-state index is 11.7. The normalized spacial score (nSPS) is 10.7. The molecule has 0 heterocycles. The van der Waals surface area contributed by atoms with E-state index in [0.717, 1.165) is 5.56 Å². The second-order valence-corrected chi connectivity index (χ2v) is 20.9. The van der Waals surface area contributed by atoms with Crippen molar-refractivity contribution in [2.75, 3.05) is 0 Å². The summed E-state index contributed by atoms with van der Waals surface area (Å²) in [6, 6.07) is 35.0. The summed E-state index contributed by atoms with van der Waals surface area (Å²) in [4.78, 5) is 0. The molecule has 38 heavy (non-hydrogen) atoms. The number of hydrogen-bond donors (Lipinski definition) is 0. The molecular weight excluding hydrogens is 579 g/mol. The molecule has 4 heteroatoms. The summed E-state index contributed by atoms with van der Waals surface area (Å²) in [5.74, 6) is 0.149. The van der Waals surface area contributed by atoms with Gasteiger partial charge in [-0.15, -0.1) is 65.1 Å². The molecule has 0 N–H and O–H groups in total. The molecule has 0 aliphatic heterocycles. The molecule has 0 fully saturated rings. The molecule has 0 amide bonds. The first-order valence-electron chi connectivity index (χ1n) is 12.8. The molecule has 0 saturated carbocycles. The zero-order chi connectivity index (χ0) is 27.6. The van der Waals surface area contributed by atoms with Crippen LogP contribution in [0.3, 0.4) is 0 Å². The van der Waals surface area contributed by atoms with Crippen LogP contribution < -0.4 is 17.5 Å². The van der Waals surface area contributed by atoms with Gasteiger partial charge in [-0.05, 0) is 16.4 Å². The van der Waals surface area contributed by atoms with E-state index in [4.69, 9.17) is 0 Å². The van der Waals surface area contributed by atoms with Crippen molar-refractivity contribution in [1.82, 2.24) is 0 Å². The van der Waals surface area contributed by atoms with E-state index < -0.39 is 0 Å². The average Bonchev–Trinajstić information content (AvgIpc) is 3.48. The van der Waals surface area contributed by atoms with Crippen molar-refractivity contribution in [1.29, 1.82) is 0 Å². The monoisotopic (exact) mass is 618 g/mol. The Morgan fingerprint density at radius 1 is 0.658 bits per heavy atom. The maximum atomic E-state index is 11.7. The Balaban J connectivity index is 0.000000272. The molecule has 0 aliphatic rings. The SMILES string of the molecule is CC(C)(C)c1ccc([O-])c(C(C)(C)C)c1.C[Si](C)=[Zr+2].[Cl-].c1ccc2[cH-]ccc2c1.c1ccc2[cH-]ccc2c1. The van der Waals surface area contributed by atoms with Gasteiger partial charge in [0.1, 0.15) is 0 Å². The molecule has 0 bridgehead atoms. The molecule has 0 saturated heterocycles. The fourth-order valence-electron chi connectivity index (χ4n) is 3.72. The third-order valence-corrected chi connectivity index (χ3v) is 5.75. The van der Waals surface area contributed by atoms with Crippen molar-refractivity contribution >= 4 is 27.0 Å². The van der Waals surface area contributed by atoms with E-state index in [0.29, 0.717) is 0 Å². The van der Waals surface area contributed by atoms with Crippen molar-refractivity contribution < 1.29 is 40.8 Å². The van der Waals surface area contributed by atoms with Crippen LogP contribution in [0, 0.1) is 0 Å². The largest absolute Gasteiger partial charge is 1.00 e. The Labute approximate surface area is 251 Å². The first-order chi connectivity index (χ1) is 17.3. The van der Waals surface area contributed by atoms with E-state index in [-0.39, 0.29) is 34.4 Å². The molecule has 0 spiro atoms. The molecule has 0 aromatic heterocycles. The fourth-order valence-corrected chi connectivity index (χ4v) is 3.72. The molecule has 1 nitrogen and oxygen atoms in total. The summed E-state index contributed by atoms with van der Waals surface area (Å²) in [7, 11) is 0. The van der Waals surface area contributed by atoms with Crippen molar-refractivity contribution in [3.8, 4) is 5.75 Å². The second kappa shape index (κ2) is 15.6. The molecular formula is C34H41ClOSiZr-2. The quantitative estimate of drug-likeness (QED) is 0.148.